The molecule has 4 nitrogen and oxygen atoms in total. The maximum absolute atomic E-state index is 13.2. The molecule has 1 aromatic rings. The number of rotatable bonds is 8. The summed E-state index contributed by atoms with van der Waals surface area (Å²) in [4.78, 5) is 27.7. The quantitative estimate of drug-likeness (QED) is 0.654. The summed E-state index contributed by atoms with van der Waals surface area (Å²) in [6.07, 6.45) is 4.23. The molecule has 1 fully saturated rings. The number of carbonyl (C=O) groups excluding carboxylic acids is 2. The zero-order valence-corrected chi connectivity index (χ0v) is 17.4. The number of nitrogens with one attached hydrogen (secondary N) is 1. The summed E-state index contributed by atoms with van der Waals surface area (Å²) in [6, 6.07) is 6.64. The second-order valence-corrected chi connectivity index (χ2v) is 8.75. The van der Waals surface area contributed by atoms with Crippen LogP contribution in [0.25, 0.3) is 0 Å². The van der Waals surface area contributed by atoms with E-state index in [0.717, 1.165) is 25.7 Å². The number of thioether (sulfide) groups is 1. The van der Waals surface area contributed by atoms with Gasteiger partial charge >= 0.3 is 0 Å². The van der Waals surface area contributed by atoms with E-state index in [1.54, 1.807) is 28.8 Å². The molecule has 2 atom stereocenters. The van der Waals surface area contributed by atoms with Crippen molar-refractivity contribution in [2.45, 2.75) is 57.9 Å². The third-order valence-electron chi connectivity index (χ3n) is 4.47. The van der Waals surface area contributed by atoms with E-state index in [-0.39, 0.29) is 17.2 Å². The Morgan fingerprint density at radius 3 is 2.69 bits per heavy atom. The summed E-state index contributed by atoms with van der Waals surface area (Å²) < 4.78 is 0. The summed E-state index contributed by atoms with van der Waals surface area (Å²) in [5, 5.41) is 3.44. The molecule has 0 aromatic heterocycles. The molecule has 0 spiro atoms. The van der Waals surface area contributed by atoms with Crippen LogP contribution in [0.4, 0.5) is 0 Å². The molecule has 1 N–H and O–H groups in total. The van der Waals surface area contributed by atoms with Gasteiger partial charge in [0.1, 0.15) is 6.04 Å². The lowest BCUT2D eigenvalue weighted by Gasteiger charge is -2.29. The number of nitrogens with zero attached hydrogens (tertiary/aromatic N) is 1. The van der Waals surface area contributed by atoms with Crippen molar-refractivity contribution >= 4 is 35.2 Å². The number of hydrogen-bond acceptors (Lipinski definition) is 3. The molecule has 26 heavy (non-hydrogen) atoms. The van der Waals surface area contributed by atoms with E-state index >= 15 is 0 Å². The van der Waals surface area contributed by atoms with Gasteiger partial charge < -0.3 is 10.2 Å². The number of carbonyl (C=O) groups is 2. The van der Waals surface area contributed by atoms with Crippen molar-refractivity contribution in [1.29, 1.82) is 0 Å². The fourth-order valence-electron chi connectivity index (χ4n) is 3.03. The van der Waals surface area contributed by atoms with E-state index in [1.807, 2.05) is 12.1 Å². The monoisotopic (exact) mass is 396 g/mol. The van der Waals surface area contributed by atoms with Gasteiger partial charge in [-0.25, -0.2) is 0 Å². The number of benzene rings is 1. The highest BCUT2D eigenvalue weighted by Gasteiger charge is 2.41. The number of unbranched alkanes of at least 4 members (excludes halogenated alkanes) is 2. The van der Waals surface area contributed by atoms with Crippen molar-refractivity contribution in [3.8, 4) is 0 Å². The standard InChI is InChI=1S/C20H29ClN2O2S/c1-4-5-6-11-18-23(20(25)15-9-7-8-10-16(15)21)17(13-26-18)19(24)22-12-14(2)3/h7-10,14,17-18H,4-6,11-13H2,1-3H3,(H,22,24). The maximum Gasteiger partial charge on any atom is 0.256 e. The Morgan fingerprint density at radius 1 is 1.31 bits per heavy atom. The van der Waals surface area contributed by atoms with Gasteiger partial charge in [0.15, 0.2) is 0 Å². The first-order valence-corrected chi connectivity index (χ1v) is 10.8. The van der Waals surface area contributed by atoms with Gasteiger partial charge in [0.05, 0.1) is 16.0 Å². The molecule has 0 saturated carbocycles. The van der Waals surface area contributed by atoms with E-state index in [0.29, 0.717) is 28.8 Å². The van der Waals surface area contributed by atoms with Gasteiger partial charge in [-0.3, -0.25) is 9.59 Å². The Labute approximate surface area is 166 Å². The van der Waals surface area contributed by atoms with Gasteiger partial charge in [0.25, 0.3) is 5.91 Å². The Kier molecular flexibility index (Phi) is 8.29. The van der Waals surface area contributed by atoms with Crippen molar-refractivity contribution in [3.05, 3.63) is 34.9 Å². The largest absolute Gasteiger partial charge is 0.354 e. The first-order valence-electron chi connectivity index (χ1n) is 9.42. The number of amides is 2. The highest BCUT2D eigenvalue weighted by atomic mass is 35.5. The van der Waals surface area contributed by atoms with E-state index in [2.05, 4.69) is 26.1 Å². The minimum Gasteiger partial charge on any atom is -0.354 e. The second kappa shape index (κ2) is 10.2. The predicted octanol–water partition coefficient (Wildman–Crippen LogP) is 4.58. The molecule has 2 rings (SSSR count). The SMILES string of the molecule is CCCCCC1SCC(C(=O)NCC(C)C)N1C(=O)c1ccccc1Cl. The molecule has 6 heteroatoms. The molecule has 144 valence electrons. The Hall–Kier alpha value is -1.20. The summed E-state index contributed by atoms with van der Waals surface area (Å²) in [7, 11) is 0. The third kappa shape index (κ3) is 5.40. The van der Waals surface area contributed by atoms with Crippen LogP contribution in [0.3, 0.4) is 0 Å². The van der Waals surface area contributed by atoms with Crippen LogP contribution in [0, 0.1) is 5.92 Å². The lowest BCUT2D eigenvalue weighted by molar-refractivity contribution is -0.125. The van der Waals surface area contributed by atoms with E-state index in [9.17, 15) is 9.59 Å². The molecular formula is C20H29ClN2O2S. The van der Waals surface area contributed by atoms with Crippen LogP contribution in [0.5, 0.6) is 0 Å². The van der Waals surface area contributed by atoms with Crippen molar-refractivity contribution < 1.29 is 9.59 Å². The molecule has 1 saturated heterocycles. The minimum absolute atomic E-state index is 0.0279. The fourth-order valence-corrected chi connectivity index (χ4v) is 4.70. The smallest absolute Gasteiger partial charge is 0.256 e. The Bertz CT molecular complexity index is 624. The molecule has 0 bridgehead atoms. The third-order valence-corrected chi connectivity index (χ3v) is 6.16. The summed E-state index contributed by atoms with van der Waals surface area (Å²) in [6.45, 7) is 6.90. The Balaban J connectivity index is 2.20. The van der Waals surface area contributed by atoms with Crippen LogP contribution >= 0.6 is 23.4 Å². The topological polar surface area (TPSA) is 49.4 Å². The average molecular weight is 397 g/mol. The van der Waals surface area contributed by atoms with Gasteiger partial charge in [-0.05, 0) is 24.5 Å². The van der Waals surface area contributed by atoms with Gasteiger partial charge in [-0.1, -0.05) is 63.8 Å². The van der Waals surface area contributed by atoms with Crippen LogP contribution in [0.1, 0.15) is 56.8 Å². The van der Waals surface area contributed by atoms with Crippen molar-refractivity contribution in [2.75, 3.05) is 12.3 Å². The van der Waals surface area contributed by atoms with Gasteiger partial charge in [-0.2, -0.15) is 0 Å². The normalized spacial score (nSPS) is 19.8. The average Bonchev–Trinajstić information content (AvgIpc) is 3.03. The zero-order chi connectivity index (χ0) is 19.1. The molecule has 0 radical (unpaired) electrons. The van der Waals surface area contributed by atoms with Crippen LogP contribution in [0.2, 0.25) is 5.02 Å². The van der Waals surface area contributed by atoms with E-state index < -0.39 is 6.04 Å². The first kappa shape index (κ1) is 21.1. The van der Waals surface area contributed by atoms with Crippen LogP contribution in [0.15, 0.2) is 24.3 Å². The fraction of sp³-hybridized carbons (Fsp3) is 0.600. The lowest BCUT2D eigenvalue weighted by atomic mass is 10.1. The van der Waals surface area contributed by atoms with Gasteiger partial charge in [0, 0.05) is 12.3 Å². The van der Waals surface area contributed by atoms with E-state index in [4.69, 9.17) is 11.6 Å². The van der Waals surface area contributed by atoms with Crippen molar-refractivity contribution in [2.24, 2.45) is 5.92 Å². The lowest BCUT2D eigenvalue weighted by Crippen LogP contribution is -2.50. The molecule has 1 aliphatic heterocycles. The molecule has 1 aliphatic rings. The number of halogens is 1. The Morgan fingerprint density at radius 2 is 2.04 bits per heavy atom. The molecule has 0 aliphatic carbocycles. The van der Waals surface area contributed by atoms with Crippen molar-refractivity contribution in [3.63, 3.8) is 0 Å². The molecule has 1 aromatic carbocycles. The van der Waals surface area contributed by atoms with Crippen LogP contribution in [-0.4, -0.2) is 40.4 Å². The van der Waals surface area contributed by atoms with Gasteiger partial charge in [-0.15, -0.1) is 11.8 Å². The maximum atomic E-state index is 13.2. The molecular weight excluding hydrogens is 368 g/mol. The molecule has 2 amide bonds. The highest BCUT2D eigenvalue weighted by Crippen LogP contribution is 2.35. The minimum atomic E-state index is -0.436. The van der Waals surface area contributed by atoms with Crippen molar-refractivity contribution in [1.82, 2.24) is 10.2 Å². The van der Waals surface area contributed by atoms with Crippen LogP contribution in [-0.2, 0) is 4.79 Å². The van der Waals surface area contributed by atoms with Gasteiger partial charge in [0.2, 0.25) is 5.91 Å². The highest BCUT2D eigenvalue weighted by molar-refractivity contribution is 8.00. The summed E-state index contributed by atoms with van der Waals surface area (Å²) >= 11 is 7.95. The predicted molar refractivity (Wildman–Crippen MR) is 110 cm³/mol. The zero-order valence-electron chi connectivity index (χ0n) is 15.8. The van der Waals surface area contributed by atoms with Crippen LogP contribution < -0.4 is 5.32 Å². The first-order chi connectivity index (χ1) is 12.5. The van der Waals surface area contributed by atoms with E-state index in [1.165, 1.54) is 0 Å². The molecule has 2 unspecified atom stereocenters. The number of hydrogen-bond donors (Lipinski definition) is 1. The second-order valence-electron chi connectivity index (χ2n) is 7.13. The summed E-state index contributed by atoms with van der Waals surface area (Å²) in [5.41, 5.74) is 0.471. The molecule has 1 heterocycles. The summed E-state index contributed by atoms with van der Waals surface area (Å²) in [5.74, 6) is 0.800.